The molecular weight excluding hydrogens is 304 g/mol. The molecule has 24 heavy (non-hydrogen) atoms. The van der Waals surface area contributed by atoms with Gasteiger partial charge in [-0.3, -0.25) is 4.79 Å². The number of anilines is 1. The van der Waals surface area contributed by atoms with Crippen LogP contribution in [-0.4, -0.2) is 46.5 Å². The van der Waals surface area contributed by atoms with E-state index >= 15 is 0 Å². The van der Waals surface area contributed by atoms with Crippen molar-refractivity contribution in [3.8, 4) is 0 Å². The van der Waals surface area contributed by atoms with Gasteiger partial charge in [0.15, 0.2) is 5.76 Å². The third-order valence-corrected chi connectivity index (χ3v) is 4.53. The average molecular weight is 324 g/mol. The largest absolute Gasteiger partial charge is 0.451 e. The summed E-state index contributed by atoms with van der Waals surface area (Å²) in [6.45, 7) is 4.92. The van der Waals surface area contributed by atoms with E-state index in [-0.39, 0.29) is 5.91 Å². The van der Waals surface area contributed by atoms with Crippen LogP contribution in [-0.2, 0) is 7.05 Å². The minimum atomic E-state index is -0.0386. The molecule has 1 aliphatic heterocycles. The quantitative estimate of drug-likeness (QED) is 0.726. The van der Waals surface area contributed by atoms with Crippen LogP contribution in [0.1, 0.15) is 16.1 Å². The molecule has 0 aliphatic carbocycles. The first-order valence-electron chi connectivity index (χ1n) is 8.13. The number of aromatic nitrogens is 2. The Morgan fingerprint density at radius 1 is 1.17 bits per heavy atom. The number of rotatable bonds is 2. The molecule has 0 N–H and O–H groups in total. The van der Waals surface area contributed by atoms with E-state index < -0.39 is 0 Å². The normalized spacial score (nSPS) is 15.2. The Kier molecular flexibility index (Phi) is 3.52. The number of aryl methyl sites for hydroxylation is 2. The molecule has 4 rings (SSSR count). The molecule has 1 aliphatic rings. The number of furan rings is 1. The summed E-state index contributed by atoms with van der Waals surface area (Å²) in [5.74, 6) is 1.32. The van der Waals surface area contributed by atoms with Crippen LogP contribution in [0.5, 0.6) is 0 Å². The lowest BCUT2D eigenvalue weighted by Gasteiger charge is -2.34. The zero-order valence-corrected chi connectivity index (χ0v) is 13.9. The minimum Gasteiger partial charge on any atom is -0.451 e. The van der Waals surface area contributed by atoms with Gasteiger partial charge in [-0.05, 0) is 25.1 Å². The van der Waals surface area contributed by atoms with Crippen LogP contribution >= 0.6 is 0 Å². The van der Waals surface area contributed by atoms with Crippen molar-refractivity contribution in [1.29, 1.82) is 0 Å². The lowest BCUT2D eigenvalue weighted by atomic mass is 10.2. The van der Waals surface area contributed by atoms with Crippen molar-refractivity contribution in [3.05, 3.63) is 48.0 Å². The number of imidazole rings is 1. The molecule has 0 unspecified atom stereocenters. The Morgan fingerprint density at radius 2 is 1.96 bits per heavy atom. The van der Waals surface area contributed by atoms with Gasteiger partial charge in [0.1, 0.15) is 5.58 Å². The molecule has 3 aromatic rings. The molecule has 0 radical (unpaired) electrons. The number of nitrogens with zero attached hydrogens (tertiary/aromatic N) is 4. The van der Waals surface area contributed by atoms with E-state index in [4.69, 9.17) is 4.42 Å². The van der Waals surface area contributed by atoms with Gasteiger partial charge >= 0.3 is 0 Å². The molecule has 1 fully saturated rings. The third-order valence-electron chi connectivity index (χ3n) is 4.53. The number of hydrogen-bond donors (Lipinski definition) is 0. The summed E-state index contributed by atoms with van der Waals surface area (Å²) in [5.41, 5.74) is 1.92. The second-order valence-corrected chi connectivity index (χ2v) is 6.27. The first kappa shape index (κ1) is 14.8. The fourth-order valence-electron chi connectivity index (χ4n) is 3.20. The Bertz CT molecular complexity index is 887. The molecule has 1 aromatic carbocycles. The Labute approximate surface area is 140 Å². The maximum atomic E-state index is 12.7. The summed E-state index contributed by atoms with van der Waals surface area (Å²) in [4.78, 5) is 21.1. The monoisotopic (exact) mass is 324 g/mol. The highest BCUT2D eigenvalue weighted by Gasteiger charge is 2.25. The molecule has 1 saturated heterocycles. The highest BCUT2D eigenvalue weighted by atomic mass is 16.3. The predicted molar refractivity (Wildman–Crippen MR) is 92.3 cm³/mol. The van der Waals surface area contributed by atoms with Crippen LogP contribution in [0, 0.1) is 6.92 Å². The predicted octanol–water partition coefficient (Wildman–Crippen LogP) is 2.44. The van der Waals surface area contributed by atoms with Gasteiger partial charge in [0.05, 0.1) is 0 Å². The topological polar surface area (TPSA) is 54.5 Å². The number of fused-ring (bicyclic) bond motifs is 1. The number of carbonyl (C=O) groups is 1. The number of carbonyl (C=O) groups excluding carboxylic acids is 1. The Hall–Kier alpha value is -2.76. The summed E-state index contributed by atoms with van der Waals surface area (Å²) < 4.78 is 7.73. The zero-order chi connectivity index (χ0) is 16.7. The molecule has 124 valence electrons. The summed E-state index contributed by atoms with van der Waals surface area (Å²) in [7, 11) is 1.98. The first-order chi connectivity index (χ1) is 11.6. The van der Waals surface area contributed by atoms with Crippen LogP contribution in [0.4, 0.5) is 5.95 Å². The van der Waals surface area contributed by atoms with Crippen LogP contribution in [0.15, 0.2) is 41.1 Å². The van der Waals surface area contributed by atoms with Crippen LogP contribution in [0.3, 0.4) is 0 Å². The number of benzene rings is 1. The van der Waals surface area contributed by atoms with E-state index in [1.165, 1.54) is 0 Å². The molecule has 2 aromatic heterocycles. The minimum absolute atomic E-state index is 0.0386. The summed E-state index contributed by atoms with van der Waals surface area (Å²) in [5, 5.41) is 0.977. The van der Waals surface area contributed by atoms with Crippen molar-refractivity contribution in [2.24, 2.45) is 7.05 Å². The van der Waals surface area contributed by atoms with Crippen molar-refractivity contribution >= 4 is 22.8 Å². The van der Waals surface area contributed by atoms with E-state index in [9.17, 15) is 4.79 Å². The van der Waals surface area contributed by atoms with Crippen molar-refractivity contribution in [3.63, 3.8) is 0 Å². The fraction of sp³-hybridized carbons (Fsp3) is 0.333. The van der Waals surface area contributed by atoms with Gasteiger partial charge in [0.25, 0.3) is 5.91 Å². The van der Waals surface area contributed by atoms with Crippen molar-refractivity contribution in [2.75, 3.05) is 31.1 Å². The van der Waals surface area contributed by atoms with E-state index in [2.05, 4.69) is 9.88 Å². The second kappa shape index (κ2) is 5.70. The average Bonchev–Trinajstić information content (AvgIpc) is 3.20. The third kappa shape index (κ3) is 2.54. The highest BCUT2D eigenvalue weighted by molar-refractivity contribution is 5.96. The number of piperazine rings is 1. The summed E-state index contributed by atoms with van der Waals surface area (Å²) in [6.07, 6.45) is 3.73. The van der Waals surface area contributed by atoms with E-state index in [1.807, 2.05) is 53.9 Å². The van der Waals surface area contributed by atoms with Gasteiger partial charge in [-0.25, -0.2) is 4.98 Å². The molecule has 0 atom stereocenters. The Morgan fingerprint density at radius 3 is 2.67 bits per heavy atom. The van der Waals surface area contributed by atoms with Gasteiger partial charge in [0, 0.05) is 51.0 Å². The van der Waals surface area contributed by atoms with Gasteiger partial charge in [0.2, 0.25) is 5.95 Å². The van der Waals surface area contributed by atoms with E-state index in [0.717, 1.165) is 35.6 Å². The number of hydrogen-bond acceptors (Lipinski definition) is 4. The highest BCUT2D eigenvalue weighted by Crippen LogP contribution is 2.22. The maximum absolute atomic E-state index is 12.7. The molecule has 1 amide bonds. The van der Waals surface area contributed by atoms with Crippen molar-refractivity contribution in [2.45, 2.75) is 6.92 Å². The fourth-order valence-corrected chi connectivity index (χ4v) is 3.20. The molecule has 6 nitrogen and oxygen atoms in total. The lowest BCUT2D eigenvalue weighted by Crippen LogP contribution is -2.49. The second-order valence-electron chi connectivity index (χ2n) is 6.27. The standard InChI is InChI=1S/C18H20N4O2/c1-13-3-4-15-14(11-13)12-16(24-15)17(23)21-7-9-22(10-8-21)18-19-5-6-20(18)2/h3-6,11-12H,7-10H2,1-2H3. The molecule has 3 heterocycles. The van der Waals surface area contributed by atoms with Crippen LogP contribution in [0.25, 0.3) is 11.0 Å². The molecule has 0 saturated carbocycles. The smallest absolute Gasteiger partial charge is 0.289 e. The van der Waals surface area contributed by atoms with Crippen LogP contribution < -0.4 is 4.90 Å². The molecule has 6 heteroatoms. The lowest BCUT2D eigenvalue weighted by molar-refractivity contribution is 0.0716. The van der Waals surface area contributed by atoms with Gasteiger partial charge in [-0.15, -0.1) is 0 Å². The summed E-state index contributed by atoms with van der Waals surface area (Å²) in [6, 6.07) is 7.79. The van der Waals surface area contributed by atoms with Gasteiger partial charge < -0.3 is 18.8 Å². The van der Waals surface area contributed by atoms with E-state index in [1.54, 1.807) is 6.20 Å². The first-order valence-corrected chi connectivity index (χ1v) is 8.13. The van der Waals surface area contributed by atoms with Crippen molar-refractivity contribution in [1.82, 2.24) is 14.5 Å². The Balaban J connectivity index is 1.48. The van der Waals surface area contributed by atoms with Crippen LogP contribution in [0.2, 0.25) is 0 Å². The molecular formula is C18H20N4O2. The maximum Gasteiger partial charge on any atom is 0.289 e. The summed E-state index contributed by atoms with van der Waals surface area (Å²) >= 11 is 0. The van der Waals surface area contributed by atoms with E-state index in [0.29, 0.717) is 18.8 Å². The number of amides is 1. The van der Waals surface area contributed by atoms with Crippen molar-refractivity contribution < 1.29 is 9.21 Å². The SMILES string of the molecule is Cc1ccc2oc(C(=O)N3CCN(c4nccn4C)CC3)cc2c1. The van der Waals surface area contributed by atoms with Gasteiger partial charge in [-0.1, -0.05) is 11.6 Å². The van der Waals surface area contributed by atoms with Gasteiger partial charge in [-0.2, -0.15) is 0 Å². The molecule has 0 spiro atoms. The molecule has 0 bridgehead atoms. The zero-order valence-electron chi connectivity index (χ0n) is 13.9.